The zero-order chi connectivity index (χ0) is 16.1. The number of carbonyl (C=O) groups is 1. The van der Waals surface area contributed by atoms with Crippen molar-refractivity contribution in [1.82, 2.24) is 0 Å². The Balaban J connectivity index is 2.07. The molecule has 5 nitrogen and oxygen atoms in total. The molecule has 2 aromatic carbocycles. The number of phenols is 1. The number of aromatic hydroxyl groups is 1. The number of hydrogen-bond acceptors (Lipinski definition) is 4. The van der Waals surface area contributed by atoms with Crippen LogP contribution in [0.25, 0.3) is 0 Å². The third kappa shape index (κ3) is 4.23. The van der Waals surface area contributed by atoms with Crippen molar-refractivity contribution < 1.29 is 19.7 Å². The van der Waals surface area contributed by atoms with Crippen molar-refractivity contribution in [3.05, 3.63) is 53.1 Å². The molecule has 0 saturated heterocycles. The van der Waals surface area contributed by atoms with E-state index in [1.165, 1.54) is 13.0 Å². The van der Waals surface area contributed by atoms with Crippen molar-refractivity contribution in [3.8, 4) is 11.5 Å². The minimum Gasteiger partial charge on any atom is -0.506 e. The maximum atomic E-state index is 10.7. The van der Waals surface area contributed by atoms with Crippen LogP contribution in [0.2, 0.25) is 5.02 Å². The fourth-order valence-electron chi connectivity index (χ4n) is 1.64. The van der Waals surface area contributed by atoms with Gasteiger partial charge in [-0.25, -0.2) is 4.79 Å². The van der Waals surface area contributed by atoms with Gasteiger partial charge < -0.3 is 14.9 Å². The van der Waals surface area contributed by atoms with E-state index >= 15 is 0 Å². The van der Waals surface area contributed by atoms with E-state index in [2.05, 4.69) is 4.99 Å². The van der Waals surface area contributed by atoms with Crippen molar-refractivity contribution in [2.24, 2.45) is 4.99 Å². The summed E-state index contributed by atoms with van der Waals surface area (Å²) >= 11 is 5.75. The average Bonchev–Trinajstić information content (AvgIpc) is 2.47. The summed E-state index contributed by atoms with van der Waals surface area (Å²) in [6.45, 7) is 1.46. The predicted molar refractivity (Wildman–Crippen MR) is 84.5 cm³/mol. The van der Waals surface area contributed by atoms with Gasteiger partial charge in [0, 0.05) is 17.3 Å². The minimum absolute atomic E-state index is 0.000938. The molecule has 22 heavy (non-hydrogen) atoms. The molecule has 0 aromatic heterocycles. The van der Waals surface area contributed by atoms with E-state index in [1.807, 2.05) is 0 Å². The van der Waals surface area contributed by atoms with Crippen LogP contribution in [0, 0.1) is 0 Å². The van der Waals surface area contributed by atoms with Gasteiger partial charge in [-0.3, -0.25) is 4.99 Å². The fraction of sp³-hybridized carbons (Fsp3) is 0.125. The molecule has 2 rings (SSSR count). The topological polar surface area (TPSA) is 79.1 Å². The second-order valence-electron chi connectivity index (χ2n) is 4.56. The second kappa shape index (κ2) is 6.95. The SMILES string of the molecule is C[C@@H](Oc1ccc(C=Nc2ccc(Cl)cc2O)cc1)C(=O)O. The van der Waals surface area contributed by atoms with Crippen molar-refractivity contribution >= 4 is 29.5 Å². The molecular formula is C16H14ClNO4. The number of rotatable bonds is 5. The summed E-state index contributed by atoms with van der Waals surface area (Å²) < 4.78 is 5.23. The van der Waals surface area contributed by atoms with Crippen LogP contribution in [0.1, 0.15) is 12.5 Å². The van der Waals surface area contributed by atoms with Gasteiger partial charge in [-0.05, 0) is 48.9 Å². The molecule has 0 saturated carbocycles. The van der Waals surface area contributed by atoms with Crippen LogP contribution in [0.4, 0.5) is 5.69 Å². The number of carboxylic acid groups (broad SMARTS) is 1. The van der Waals surface area contributed by atoms with Gasteiger partial charge in [0.1, 0.15) is 17.2 Å². The number of nitrogens with zero attached hydrogens (tertiary/aromatic N) is 1. The first-order valence-electron chi connectivity index (χ1n) is 6.48. The number of benzene rings is 2. The molecule has 0 bridgehead atoms. The zero-order valence-corrected chi connectivity index (χ0v) is 12.5. The number of halogens is 1. The monoisotopic (exact) mass is 319 g/mol. The van der Waals surface area contributed by atoms with E-state index in [0.29, 0.717) is 16.5 Å². The van der Waals surface area contributed by atoms with Gasteiger partial charge >= 0.3 is 5.97 Å². The van der Waals surface area contributed by atoms with Crippen LogP contribution in [-0.4, -0.2) is 28.5 Å². The normalized spacial score (nSPS) is 12.3. The van der Waals surface area contributed by atoms with Crippen molar-refractivity contribution in [2.75, 3.05) is 0 Å². The summed E-state index contributed by atoms with van der Waals surface area (Å²) in [5.74, 6) is -0.566. The van der Waals surface area contributed by atoms with Crippen molar-refractivity contribution in [2.45, 2.75) is 13.0 Å². The molecule has 0 aliphatic heterocycles. The van der Waals surface area contributed by atoms with E-state index in [1.54, 1.807) is 42.6 Å². The lowest BCUT2D eigenvalue weighted by Gasteiger charge is -2.09. The Morgan fingerprint density at radius 1 is 1.27 bits per heavy atom. The molecule has 114 valence electrons. The first kappa shape index (κ1) is 15.9. The van der Waals surface area contributed by atoms with Gasteiger partial charge in [-0.15, -0.1) is 0 Å². The average molecular weight is 320 g/mol. The van der Waals surface area contributed by atoms with Crippen LogP contribution in [0.3, 0.4) is 0 Å². The standard InChI is InChI=1S/C16H14ClNO4/c1-10(16(20)21)22-13-5-2-11(3-6-13)9-18-14-7-4-12(17)8-15(14)19/h2-10,19H,1H3,(H,20,21)/t10-/m1/s1. The number of aliphatic carboxylic acids is 1. The molecule has 0 aliphatic rings. The second-order valence-corrected chi connectivity index (χ2v) is 5.00. The van der Waals surface area contributed by atoms with Crippen LogP contribution < -0.4 is 4.74 Å². The van der Waals surface area contributed by atoms with Crippen LogP contribution >= 0.6 is 11.6 Å². The number of hydrogen-bond donors (Lipinski definition) is 2. The summed E-state index contributed by atoms with van der Waals surface area (Å²) in [4.78, 5) is 14.9. The Bertz CT molecular complexity index is 698. The van der Waals surface area contributed by atoms with E-state index in [0.717, 1.165) is 5.56 Å². The summed E-state index contributed by atoms with van der Waals surface area (Å²) in [6.07, 6.45) is 0.665. The Labute approximate surface area is 132 Å². The zero-order valence-electron chi connectivity index (χ0n) is 11.7. The lowest BCUT2D eigenvalue weighted by atomic mass is 10.2. The van der Waals surface area contributed by atoms with Crippen molar-refractivity contribution in [1.29, 1.82) is 0 Å². The Hall–Kier alpha value is -2.53. The quantitative estimate of drug-likeness (QED) is 0.824. The summed E-state index contributed by atoms with van der Waals surface area (Å²) in [7, 11) is 0. The van der Waals surface area contributed by atoms with E-state index in [9.17, 15) is 9.90 Å². The highest BCUT2D eigenvalue weighted by atomic mass is 35.5. The molecule has 2 aromatic rings. The highest BCUT2D eigenvalue weighted by molar-refractivity contribution is 6.30. The number of aliphatic imine (C=N–C) groups is 1. The van der Waals surface area contributed by atoms with Gasteiger partial charge in [0.05, 0.1) is 0 Å². The number of phenolic OH excluding ortho intramolecular Hbond substituents is 1. The lowest BCUT2D eigenvalue weighted by Crippen LogP contribution is -2.22. The maximum Gasteiger partial charge on any atom is 0.344 e. The van der Waals surface area contributed by atoms with Crippen LogP contribution in [0.5, 0.6) is 11.5 Å². The Morgan fingerprint density at radius 2 is 1.95 bits per heavy atom. The number of carboxylic acids is 1. The highest BCUT2D eigenvalue weighted by Crippen LogP contribution is 2.29. The van der Waals surface area contributed by atoms with Gasteiger partial charge in [0.2, 0.25) is 0 Å². The van der Waals surface area contributed by atoms with Gasteiger partial charge in [0.15, 0.2) is 6.10 Å². The largest absolute Gasteiger partial charge is 0.506 e. The number of ether oxygens (including phenoxy) is 1. The molecule has 0 spiro atoms. The molecule has 1 atom stereocenters. The van der Waals surface area contributed by atoms with E-state index in [-0.39, 0.29) is 5.75 Å². The summed E-state index contributed by atoms with van der Waals surface area (Å²) in [6, 6.07) is 11.4. The molecule has 0 aliphatic carbocycles. The third-order valence-corrected chi connectivity index (χ3v) is 3.07. The Morgan fingerprint density at radius 3 is 2.55 bits per heavy atom. The molecule has 0 amide bonds. The van der Waals surface area contributed by atoms with E-state index in [4.69, 9.17) is 21.4 Å². The molecular weight excluding hydrogens is 306 g/mol. The first-order chi connectivity index (χ1) is 10.5. The Kier molecular flexibility index (Phi) is 5.01. The van der Waals surface area contributed by atoms with Crippen LogP contribution in [-0.2, 0) is 4.79 Å². The molecule has 0 fully saturated rings. The van der Waals surface area contributed by atoms with Crippen molar-refractivity contribution in [3.63, 3.8) is 0 Å². The molecule has 0 unspecified atom stereocenters. The highest BCUT2D eigenvalue weighted by Gasteiger charge is 2.11. The minimum atomic E-state index is -1.02. The molecule has 2 N–H and O–H groups in total. The smallest absolute Gasteiger partial charge is 0.344 e. The molecule has 6 heteroatoms. The lowest BCUT2D eigenvalue weighted by molar-refractivity contribution is -0.144. The summed E-state index contributed by atoms with van der Waals surface area (Å²) in [5, 5.41) is 18.9. The van der Waals surface area contributed by atoms with Gasteiger partial charge in [0.25, 0.3) is 0 Å². The van der Waals surface area contributed by atoms with Gasteiger partial charge in [-0.1, -0.05) is 11.6 Å². The predicted octanol–water partition coefficient (Wildman–Crippen LogP) is 3.65. The molecule has 0 heterocycles. The van der Waals surface area contributed by atoms with E-state index < -0.39 is 12.1 Å². The maximum absolute atomic E-state index is 10.7. The molecule has 0 radical (unpaired) electrons. The van der Waals surface area contributed by atoms with Crippen LogP contribution in [0.15, 0.2) is 47.5 Å². The van der Waals surface area contributed by atoms with Gasteiger partial charge in [-0.2, -0.15) is 0 Å². The fourth-order valence-corrected chi connectivity index (χ4v) is 1.80. The third-order valence-electron chi connectivity index (χ3n) is 2.83. The first-order valence-corrected chi connectivity index (χ1v) is 6.85. The summed E-state index contributed by atoms with van der Waals surface area (Å²) in [5.41, 5.74) is 1.19.